The predicted molar refractivity (Wildman–Crippen MR) is 73.3 cm³/mol. The van der Waals surface area contributed by atoms with Crippen molar-refractivity contribution in [3.63, 3.8) is 0 Å². The molecule has 0 fully saturated rings. The Bertz CT molecular complexity index is 628. The molecule has 20 heavy (non-hydrogen) atoms. The molecular formula is C15H12ClFO3. The van der Waals surface area contributed by atoms with Crippen molar-refractivity contribution in [1.82, 2.24) is 0 Å². The largest absolute Gasteiger partial charge is 0.478 e. The van der Waals surface area contributed by atoms with Crippen molar-refractivity contribution in [2.45, 2.75) is 13.2 Å². The topological polar surface area (TPSA) is 46.5 Å². The van der Waals surface area contributed by atoms with Crippen LogP contribution in [-0.2, 0) is 18.0 Å². The molecule has 0 unspecified atom stereocenters. The quantitative estimate of drug-likeness (QED) is 0.910. The minimum absolute atomic E-state index is 0.201. The Balaban J connectivity index is 1.97. The first-order chi connectivity index (χ1) is 9.56. The molecule has 0 spiro atoms. The molecule has 0 heterocycles. The lowest BCUT2D eigenvalue weighted by Crippen LogP contribution is -2.02. The third-order valence-electron chi connectivity index (χ3n) is 2.69. The van der Waals surface area contributed by atoms with Crippen LogP contribution in [0.25, 0.3) is 0 Å². The van der Waals surface area contributed by atoms with Crippen molar-refractivity contribution in [3.8, 4) is 0 Å². The highest BCUT2D eigenvalue weighted by Crippen LogP contribution is 2.14. The Labute approximate surface area is 120 Å². The van der Waals surface area contributed by atoms with E-state index >= 15 is 0 Å². The fraction of sp³-hybridized carbons (Fsp3) is 0.133. The third kappa shape index (κ3) is 3.79. The van der Waals surface area contributed by atoms with E-state index in [1.54, 1.807) is 12.1 Å². The van der Waals surface area contributed by atoms with E-state index in [0.717, 1.165) is 11.6 Å². The molecule has 0 saturated heterocycles. The van der Waals surface area contributed by atoms with Crippen LogP contribution in [0.4, 0.5) is 4.39 Å². The summed E-state index contributed by atoms with van der Waals surface area (Å²) in [6.45, 7) is 0.549. The summed E-state index contributed by atoms with van der Waals surface area (Å²) in [6, 6.07) is 11.1. The van der Waals surface area contributed by atoms with E-state index in [9.17, 15) is 9.18 Å². The molecule has 2 aromatic rings. The predicted octanol–water partition coefficient (Wildman–Crippen LogP) is 3.89. The van der Waals surface area contributed by atoms with Crippen LogP contribution >= 0.6 is 11.6 Å². The number of halogens is 2. The summed E-state index contributed by atoms with van der Waals surface area (Å²) in [4.78, 5) is 10.8. The Morgan fingerprint density at radius 1 is 1.15 bits per heavy atom. The summed E-state index contributed by atoms with van der Waals surface area (Å²) in [5.41, 5.74) is 1.16. The molecule has 2 rings (SSSR count). The first-order valence-electron chi connectivity index (χ1n) is 5.90. The SMILES string of the molecule is O=C(O)c1cc(COCc2cccc(Cl)c2)ccc1F. The zero-order valence-electron chi connectivity index (χ0n) is 10.5. The molecule has 1 N–H and O–H groups in total. The summed E-state index contributed by atoms with van der Waals surface area (Å²) in [5, 5.41) is 9.45. The van der Waals surface area contributed by atoms with Crippen LogP contribution in [0.15, 0.2) is 42.5 Å². The average molecular weight is 295 g/mol. The van der Waals surface area contributed by atoms with Gasteiger partial charge in [0.05, 0.1) is 18.8 Å². The molecular weight excluding hydrogens is 283 g/mol. The van der Waals surface area contributed by atoms with Gasteiger partial charge >= 0.3 is 5.97 Å². The molecule has 0 aliphatic heterocycles. The maximum atomic E-state index is 13.2. The van der Waals surface area contributed by atoms with Gasteiger partial charge in [-0.2, -0.15) is 0 Å². The number of aromatic carboxylic acids is 1. The van der Waals surface area contributed by atoms with Gasteiger partial charge in [-0.05, 0) is 35.4 Å². The second-order valence-electron chi connectivity index (χ2n) is 4.24. The van der Waals surface area contributed by atoms with Crippen LogP contribution in [0.5, 0.6) is 0 Å². The Kier molecular flexibility index (Phi) is 4.71. The summed E-state index contributed by atoms with van der Waals surface area (Å²) in [7, 11) is 0. The van der Waals surface area contributed by atoms with Crippen molar-refractivity contribution in [1.29, 1.82) is 0 Å². The van der Waals surface area contributed by atoms with E-state index in [1.165, 1.54) is 12.1 Å². The lowest BCUT2D eigenvalue weighted by atomic mass is 10.1. The number of carbonyl (C=O) groups is 1. The third-order valence-corrected chi connectivity index (χ3v) is 2.92. The molecule has 0 aliphatic carbocycles. The molecule has 0 bridgehead atoms. The molecule has 104 valence electrons. The lowest BCUT2D eigenvalue weighted by Gasteiger charge is -2.06. The van der Waals surface area contributed by atoms with E-state index in [2.05, 4.69) is 0 Å². The maximum absolute atomic E-state index is 13.2. The van der Waals surface area contributed by atoms with Gasteiger partial charge in [-0.25, -0.2) is 9.18 Å². The molecule has 0 atom stereocenters. The van der Waals surface area contributed by atoms with Crippen LogP contribution < -0.4 is 0 Å². The van der Waals surface area contributed by atoms with Crippen LogP contribution in [0.3, 0.4) is 0 Å². The molecule has 0 amide bonds. The van der Waals surface area contributed by atoms with Gasteiger partial charge in [0.25, 0.3) is 0 Å². The lowest BCUT2D eigenvalue weighted by molar-refractivity contribution is 0.0691. The van der Waals surface area contributed by atoms with E-state index < -0.39 is 11.8 Å². The standard InChI is InChI=1S/C15H12ClFO3/c16-12-3-1-2-10(6-12)8-20-9-11-4-5-14(17)13(7-11)15(18)19/h1-7H,8-9H2,(H,18,19). The number of carboxylic acids is 1. The molecule has 2 aromatic carbocycles. The highest BCUT2D eigenvalue weighted by molar-refractivity contribution is 6.30. The van der Waals surface area contributed by atoms with Gasteiger partial charge in [-0.15, -0.1) is 0 Å². The second kappa shape index (κ2) is 6.50. The number of carboxylic acid groups (broad SMARTS) is 1. The van der Waals surface area contributed by atoms with Gasteiger partial charge in [-0.1, -0.05) is 29.8 Å². The zero-order chi connectivity index (χ0) is 14.5. The van der Waals surface area contributed by atoms with Gasteiger partial charge < -0.3 is 9.84 Å². The second-order valence-corrected chi connectivity index (χ2v) is 4.68. The number of benzene rings is 2. The van der Waals surface area contributed by atoms with Crippen molar-refractivity contribution >= 4 is 17.6 Å². The summed E-state index contributed by atoms with van der Waals surface area (Å²) in [5.74, 6) is -2.05. The minimum Gasteiger partial charge on any atom is -0.478 e. The minimum atomic E-state index is -1.29. The van der Waals surface area contributed by atoms with Gasteiger partial charge in [0.2, 0.25) is 0 Å². The molecule has 0 aliphatic rings. The summed E-state index contributed by atoms with van der Waals surface area (Å²) >= 11 is 5.85. The number of hydrogen-bond acceptors (Lipinski definition) is 2. The Morgan fingerprint density at radius 2 is 1.85 bits per heavy atom. The van der Waals surface area contributed by atoms with Crippen LogP contribution in [0.2, 0.25) is 5.02 Å². The Hall–Kier alpha value is -1.91. The van der Waals surface area contributed by atoms with Crippen molar-refractivity contribution in [2.24, 2.45) is 0 Å². The van der Waals surface area contributed by atoms with E-state index in [4.69, 9.17) is 21.4 Å². The van der Waals surface area contributed by atoms with Gasteiger partial charge in [0.1, 0.15) is 5.82 Å². The van der Waals surface area contributed by atoms with Crippen LogP contribution in [-0.4, -0.2) is 11.1 Å². The number of ether oxygens (including phenoxy) is 1. The van der Waals surface area contributed by atoms with Gasteiger partial charge in [-0.3, -0.25) is 0 Å². The van der Waals surface area contributed by atoms with E-state index in [1.807, 2.05) is 12.1 Å². The highest BCUT2D eigenvalue weighted by Gasteiger charge is 2.10. The van der Waals surface area contributed by atoms with Crippen molar-refractivity contribution < 1.29 is 19.0 Å². The first kappa shape index (κ1) is 14.5. The zero-order valence-corrected chi connectivity index (χ0v) is 11.2. The normalized spacial score (nSPS) is 10.5. The molecule has 0 aromatic heterocycles. The first-order valence-corrected chi connectivity index (χ1v) is 6.28. The fourth-order valence-electron chi connectivity index (χ4n) is 1.74. The number of rotatable bonds is 5. The van der Waals surface area contributed by atoms with Gasteiger partial charge in [0, 0.05) is 5.02 Å². The maximum Gasteiger partial charge on any atom is 0.338 e. The monoisotopic (exact) mass is 294 g/mol. The van der Waals surface area contributed by atoms with Gasteiger partial charge in [0.15, 0.2) is 0 Å². The van der Waals surface area contributed by atoms with E-state index in [0.29, 0.717) is 17.2 Å². The molecule has 0 saturated carbocycles. The smallest absolute Gasteiger partial charge is 0.338 e. The molecule has 3 nitrogen and oxygen atoms in total. The average Bonchev–Trinajstić information content (AvgIpc) is 2.40. The van der Waals surface area contributed by atoms with Crippen molar-refractivity contribution in [2.75, 3.05) is 0 Å². The molecule has 5 heteroatoms. The van der Waals surface area contributed by atoms with Crippen molar-refractivity contribution in [3.05, 3.63) is 70.0 Å². The summed E-state index contributed by atoms with van der Waals surface area (Å²) < 4.78 is 18.7. The highest BCUT2D eigenvalue weighted by atomic mass is 35.5. The molecule has 0 radical (unpaired) electrons. The van der Waals surface area contributed by atoms with Crippen LogP contribution in [0.1, 0.15) is 21.5 Å². The van der Waals surface area contributed by atoms with Crippen LogP contribution in [0, 0.1) is 5.82 Å². The Morgan fingerprint density at radius 3 is 2.50 bits per heavy atom. The fourth-order valence-corrected chi connectivity index (χ4v) is 1.95. The summed E-state index contributed by atoms with van der Waals surface area (Å²) in [6.07, 6.45) is 0. The number of hydrogen-bond donors (Lipinski definition) is 1. The van der Waals surface area contributed by atoms with E-state index in [-0.39, 0.29) is 12.2 Å².